The van der Waals surface area contributed by atoms with Crippen LogP contribution in [0, 0.1) is 6.92 Å². The van der Waals surface area contributed by atoms with Crippen LogP contribution in [0.3, 0.4) is 0 Å². The molecular weight excluding hydrogens is 352 g/mol. The fourth-order valence-corrected chi connectivity index (χ4v) is 3.72. The van der Waals surface area contributed by atoms with Crippen LogP contribution in [-0.2, 0) is 0 Å². The zero-order valence-electron chi connectivity index (χ0n) is 13.6. The minimum Gasteiger partial charge on any atom is -0.361 e. The molecule has 1 aliphatic rings. The van der Waals surface area contributed by atoms with Crippen LogP contribution in [0.15, 0.2) is 60.8 Å². The zero-order valence-corrected chi connectivity index (χ0v) is 15.2. The molecule has 1 saturated heterocycles. The molecule has 2 atom stereocenters. The van der Waals surface area contributed by atoms with Crippen LogP contribution < -0.4 is 10.2 Å². The van der Waals surface area contributed by atoms with E-state index < -0.39 is 0 Å². The second-order valence-electron chi connectivity index (χ2n) is 6.07. The number of rotatable bonds is 3. The van der Waals surface area contributed by atoms with E-state index in [4.69, 9.17) is 23.8 Å². The van der Waals surface area contributed by atoms with Gasteiger partial charge in [0, 0.05) is 28.3 Å². The molecule has 1 fully saturated rings. The monoisotopic (exact) mass is 368 g/mol. The summed E-state index contributed by atoms with van der Waals surface area (Å²) in [5.41, 5.74) is 4.16. The minimum absolute atomic E-state index is 0.0164. The van der Waals surface area contributed by atoms with Gasteiger partial charge in [-0.3, -0.25) is 4.98 Å². The lowest BCUT2D eigenvalue weighted by Crippen LogP contribution is -2.29. The normalized spacial score (nSPS) is 19.9. The second-order valence-corrected chi connectivity index (χ2v) is 6.89. The highest BCUT2D eigenvalue weighted by molar-refractivity contribution is 7.80. The highest BCUT2D eigenvalue weighted by Crippen LogP contribution is 2.41. The van der Waals surface area contributed by atoms with E-state index >= 15 is 0 Å². The van der Waals surface area contributed by atoms with Gasteiger partial charge in [0.2, 0.25) is 0 Å². The number of nitrogens with zero attached hydrogens (tertiary/aromatic N) is 2. The Labute approximate surface area is 156 Å². The van der Waals surface area contributed by atoms with Crippen molar-refractivity contribution in [3.8, 4) is 0 Å². The van der Waals surface area contributed by atoms with Crippen LogP contribution in [-0.4, -0.2) is 15.1 Å². The van der Waals surface area contributed by atoms with Crippen LogP contribution in [0.5, 0.6) is 0 Å². The molecule has 1 aromatic carbocycles. The van der Waals surface area contributed by atoms with E-state index in [-0.39, 0.29) is 12.1 Å². The molecule has 0 spiro atoms. The van der Waals surface area contributed by atoms with Crippen molar-refractivity contribution < 1.29 is 0 Å². The highest BCUT2D eigenvalue weighted by atomic mass is 35.5. The highest BCUT2D eigenvalue weighted by Gasteiger charge is 2.41. The molecule has 0 amide bonds. The van der Waals surface area contributed by atoms with Gasteiger partial charge in [0.15, 0.2) is 5.11 Å². The fraction of sp³-hybridized carbons (Fsp3) is 0.158. The quantitative estimate of drug-likeness (QED) is 0.666. The van der Waals surface area contributed by atoms with Gasteiger partial charge in [-0.15, -0.1) is 0 Å². The first-order valence-electron chi connectivity index (χ1n) is 8.05. The standard InChI is InChI=1S/C19H17ClN4S/c1-12-5-10-16(22-12)18-17(15-4-2-3-11-21-15)23-19(25)24(18)14-8-6-13(20)7-9-14/h2-11,17-18,22H,1H3,(H,23,25)/t17-,18-/m0/s1. The molecule has 2 N–H and O–H groups in total. The first-order valence-corrected chi connectivity index (χ1v) is 8.84. The number of nitrogens with one attached hydrogen (secondary N) is 2. The molecule has 0 saturated carbocycles. The Hall–Kier alpha value is -2.37. The molecule has 25 heavy (non-hydrogen) atoms. The average molecular weight is 369 g/mol. The van der Waals surface area contributed by atoms with Gasteiger partial charge in [-0.1, -0.05) is 17.7 Å². The van der Waals surface area contributed by atoms with Gasteiger partial charge < -0.3 is 15.2 Å². The summed E-state index contributed by atoms with van der Waals surface area (Å²) in [5.74, 6) is 0. The number of H-pyrrole nitrogens is 1. The molecule has 0 unspecified atom stereocenters. The van der Waals surface area contributed by atoms with Gasteiger partial charge in [-0.2, -0.15) is 0 Å². The maximum absolute atomic E-state index is 6.05. The third-order valence-electron chi connectivity index (χ3n) is 4.38. The number of aryl methyl sites for hydroxylation is 1. The summed E-state index contributed by atoms with van der Waals surface area (Å²) in [4.78, 5) is 10.1. The number of anilines is 1. The number of hydrogen-bond acceptors (Lipinski definition) is 2. The molecular formula is C19H17ClN4S. The molecule has 3 heterocycles. The van der Waals surface area contributed by atoms with Crippen molar-refractivity contribution in [3.63, 3.8) is 0 Å². The minimum atomic E-state index is -0.0394. The molecule has 0 aliphatic carbocycles. The maximum Gasteiger partial charge on any atom is 0.174 e. The molecule has 2 aromatic heterocycles. The number of halogens is 1. The third kappa shape index (κ3) is 3.01. The van der Waals surface area contributed by atoms with E-state index in [1.807, 2.05) is 55.6 Å². The summed E-state index contributed by atoms with van der Waals surface area (Å²) >= 11 is 11.7. The van der Waals surface area contributed by atoms with Crippen LogP contribution in [0.25, 0.3) is 0 Å². The van der Waals surface area contributed by atoms with E-state index in [1.165, 1.54) is 0 Å². The SMILES string of the molecule is Cc1ccc([C@H]2[C@H](c3ccccn3)NC(=S)N2c2ccc(Cl)cc2)[nH]1. The molecule has 4 nitrogen and oxygen atoms in total. The van der Waals surface area contributed by atoms with Gasteiger partial charge in [0.25, 0.3) is 0 Å². The van der Waals surface area contributed by atoms with Crippen molar-refractivity contribution in [1.82, 2.24) is 15.3 Å². The number of pyridine rings is 1. The first kappa shape index (κ1) is 16.1. The summed E-state index contributed by atoms with van der Waals surface area (Å²) in [6.45, 7) is 2.05. The van der Waals surface area contributed by atoms with Crippen molar-refractivity contribution in [2.75, 3.05) is 4.90 Å². The molecule has 6 heteroatoms. The Balaban J connectivity index is 1.81. The average Bonchev–Trinajstić information content (AvgIpc) is 3.20. The Morgan fingerprint density at radius 3 is 2.52 bits per heavy atom. The van der Waals surface area contributed by atoms with Crippen molar-refractivity contribution in [1.29, 1.82) is 0 Å². The summed E-state index contributed by atoms with van der Waals surface area (Å²) in [5, 5.41) is 4.81. The lowest BCUT2D eigenvalue weighted by molar-refractivity contribution is 0.558. The van der Waals surface area contributed by atoms with Crippen molar-refractivity contribution in [2.24, 2.45) is 0 Å². The molecule has 126 valence electrons. The smallest absolute Gasteiger partial charge is 0.174 e. The number of aromatic amines is 1. The predicted molar refractivity (Wildman–Crippen MR) is 105 cm³/mol. The Kier molecular flexibility index (Phi) is 4.19. The lowest BCUT2D eigenvalue weighted by Gasteiger charge is -2.27. The fourth-order valence-electron chi connectivity index (χ4n) is 3.25. The van der Waals surface area contributed by atoms with Crippen LogP contribution in [0.1, 0.15) is 29.2 Å². The van der Waals surface area contributed by atoms with Crippen LogP contribution >= 0.6 is 23.8 Å². The summed E-state index contributed by atoms with van der Waals surface area (Å²) in [6.07, 6.45) is 1.81. The van der Waals surface area contributed by atoms with Crippen LogP contribution in [0.2, 0.25) is 5.02 Å². The van der Waals surface area contributed by atoms with Gasteiger partial charge >= 0.3 is 0 Å². The van der Waals surface area contributed by atoms with E-state index in [2.05, 4.69) is 32.3 Å². The van der Waals surface area contributed by atoms with Gasteiger partial charge in [0.1, 0.15) is 6.04 Å². The number of thiocarbonyl (C=S) groups is 1. The summed E-state index contributed by atoms with van der Waals surface area (Å²) < 4.78 is 0. The first-order chi connectivity index (χ1) is 12.1. The van der Waals surface area contributed by atoms with Gasteiger partial charge in [-0.05, 0) is 67.7 Å². The Morgan fingerprint density at radius 2 is 1.88 bits per heavy atom. The van der Waals surface area contributed by atoms with Crippen molar-refractivity contribution >= 4 is 34.6 Å². The molecule has 0 radical (unpaired) electrons. The number of hydrogen-bond donors (Lipinski definition) is 2. The topological polar surface area (TPSA) is 44.0 Å². The van der Waals surface area contributed by atoms with Crippen molar-refractivity contribution in [2.45, 2.75) is 19.0 Å². The second kappa shape index (κ2) is 6.50. The predicted octanol–water partition coefficient (Wildman–Crippen LogP) is 4.55. The summed E-state index contributed by atoms with van der Waals surface area (Å²) in [7, 11) is 0. The van der Waals surface area contributed by atoms with E-state index in [0.717, 1.165) is 22.8 Å². The summed E-state index contributed by atoms with van der Waals surface area (Å²) in [6, 6.07) is 17.8. The van der Waals surface area contributed by atoms with Crippen LogP contribution in [0.4, 0.5) is 5.69 Å². The lowest BCUT2D eigenvalue weighted by atomic mass is 10.0. The third-order valence-corrected chi connectivity index (χ3v) is 4.94. The van der Waals surface area contributed by atoms with E-state index in [0.29, 0.717) is 10.1 Å². The largest absolute Gasteiger partial charge is 0.361 e. The van der Waals surface area contributed by atoms with Gasteiger partial charge in [0.05, 0.1) is 11.7 Å². The Bertz CT molecular complexity index is 891. The van der Waals surface area contributed by atoms with E-state index in [9.17, 15) is 0 Å². The zero-order chi connectivity index (χ0) is 17.4. The number of aromatic nitrogens is 2. The molecule has 3 aromatic rings. The molecule has 4 rings (SSSR count). The maximum atomic E-state index is 6.05. The van der Waals surface area contributed by atoms with Crippen molar-refractivity contribution in [3.05, 3.63) is 82.9 Å². The molecule has 0 bridgehead atoms. The van der Waals surface area contributed by atoms with E-state index in [1.54, 1.807) is 0 Å². The Morgan fingerprint density at radius 1 is 1.08 bits per heavy atom. The number of benzene rings is 1. The van der Waals surface area contributed by atoms with Gasteiger partial charge in [-0.25, -0.2) is 0 Å². The molecule has 1 aliphatic heterocycles.